The summed E-state index contributed by atoms with van der Waals surface area (Å²) in [6.45, 7) is 0.879. The first-order valence-electron chi connectivity index (χ1n) is 8.39. The van der Waals surface area contributed by atoms with E-state index in [0.717, 1.165) is 0 Å². The van der Waals surface area contributed by atoms with E-state index in [1.807, 2.05) is 0 Å². The number of benzene rings is 1. The van der Waals surface area contributed by atoms with E-state index in [-0.39, 0.29) is 30.1 Å². The molecule has 9 heteroatoms. The number of carbonyl (C=O) groups excluding carboxylic acids is 2. The molecule has 0 aliphatic carbocycles. The van der Waals surface area contributed by atoms with Crippen LogP contribution in [0.1, 0.15) is 25.5 Å². The minimum Gasteiger partial charge on any atom is -0.460 e. The summed E-state index contributed by atoms with van der Waals surface area (Å²) < 4.78 is 40.2. The number of halogens is 2. The first-order valence-corrected chi connectivity index (χ1v) is 8.39. The van der Waals surface area contributed by atoms with E-state index < -0.39 is 24.7 Å². The van der Waals surface area contributed by atoms with Crippen molar-refractivity contribution >= 4 is 12.0 Å². The van der Waals surface area contributed by atoms with Crippen molar-refractivity contribution < 1.29 is 32.6 Å². The Morgan fingerprint density at radius 3 is 2.63 bits per heavy atom. The third-order valence-electron chi connectivity index (χ3n) is 4.10. The van der Waals surface area contributed by atoms with E-state index in [1.165, 1.54) is 30.2 Å². The molecule has 148 valence electrons. The second kappa shape index (κ2) is 9.31. The van der Waals surface area contributed by atoms with Gasteiger partial charge in [-0.05, 0) is 19.9 Å². The van der Waals surface area contributed by atoms with Gasteiger partial charge in [0.1, 0.15) is 12.4 Å². The summed E-state index contributed by atoms with van der Waals surface area (Å²) >= 11 is 0. The summed E-state index contributed by atoms with van der Waals surface area (Å²) in [7, 11) is 1.47. The third-order valence-corrected chi connectivity index (χ3v) is 4.10. The van der Waals surface area contributed by atoms with Crippen molar-refractivity contribution in [2.75, 3.05) is 26.9 Å². The molecule has 0 saturated heterocycles. The Bertz CT molecular complexity index is 723. The van der Waals surface area contributed by atoms with Crippen LogP contribution in [0.25, 0.3) is 0 Å². The lowest BCUT2D eigenvalue weighted by molar-refractivity contribution is -0.140. The zero-order chi connectivity index (χ0) is 20.0. The molecule has 0 aromatic heterocycles. The van der Waals surface area contributed by atoms with Crippen LogP contribution in [0.4, 0.5) is 13.6 Å². The molecule has 0 fully saturated rings. The first-order chi connectivity index (χ1) is 12.9. The zero-order valence-electron chi connectivity index (χ0n) is 15.3. The van der Waals surface area contributed by atoms with Gasteiger partial charge in [-0.1, -0.05) is 18.2 Å². The topological polar surface area (TPSA) is 77.1 Å². The number of para-hydroxylation sites is 1. The number of carbonyl (C=O) groups is 2. The number of methoxy groups -OCH3 is 1. The molecule has 0 bridgehead atoms. The van der Waals surface area contributed by atoms with Crippen LogP contribution in [-0.2, 0) is 14.3 Å². The summed E-state index contributed by atoms with van der Waals surface area (Å²) in [5, 5.41) is 2.67. The Balaban J connectivity index is 2.48. The van der Waals surface area contributed by atoms with Crippen LogP contribution in [0.3, 0.4) is 0 Å². The minimum absolute atomic E-state index is 0.0219. The fourth-order valence-corrected chi connectivity index (χ4v) is 2.88. The number of nitrogens with zero attached hydrogens (tertiary/aromatic N) is 1. The predicted molar refractivity (Wildman–Crippen MR) is 92.3 cm³/mol. The Hall–Kier alpha value is -2.68. The van der Waals surface area contributed by atoms with E-state index in [9.17, 15) is 18.4 Å². The number of allylic oxidation sites excluding steroid dienone is 1. The van der Waals surface area contributed by atoms with Gasteiger partial charge in [-0.2, -0.15) is 8.78 Å². The number of hydrogen-bond donors (Lipinski definition) is 1. The quantitative estimate of drug-likeness (QED) is 0.551. The Labute approximate surface area is 155 Å². The minimum atomic E-state index is -3.04. The van der Waals surface area contributed by atoms with Crippen LogP contribution in [-0.4, -0.2) is 50.4 Å². The molecule has 1 aliphatic heterocycles. The summed E-state index contributed by atoms with van der Waals surface area (Å²) in [5.41, 5.74) is 0.776. The monoisotopic (exact) mass is 384 g/mol. The second-order valence-electron chi connectivity index (χ2n) is 5.67. The van der Waals surface area contributed by atoms with E-state index in [1.54, 1.807) is 19.9 Å². The van der Waals surface area contributed by atoms with Crippen molar-refractivity contribution in [3.63, 3.8) is 0 Å². The van der Waals surface area contributed by atoms with Crippen molar-refractivity contribution in [3.05, 3.63) is 41.1 Å². The standard InChI is InChI=1S/C18H22F2N2O5/c1-4-22-11(2)14(16(23)26-10-9-25-3)15(21-18(22)24)12-7-5-6-8-13(12)27-17(19)20/h5-8,15,17H,4,9-10H2,1-3H3,(H,21,24)/t15-/m1/s1. The van der Waals surface area contributed by atoms with E-state index in [2.05, 4.69) is 10.1 Å². The van der Waals surface area contributed by atoms with Gasteiger partial charge in [-0.25, -0.2) is 9.59 Å². The highest BCUT2D eigenvalue weighted by Crippen LogP contribution is 2.36. The lowest BCUT2D eigenvalue weighted by atomic mass is 9.94. The number of alkyl halides is 2. The highest BCUT2D eigenvalue weighted by atomic mass is 19.3. The lowest BCUT2D eigenvalue weighted by Crippen LogP contribution is -2.48. The second-order valence-corrected chi connectivity index (χ2v) is 5.67. The first kappa shape index (κ1) is 20.6. The molecule has 0 spiro atoms. The van der Waals surface area contributed by atoms with Gasteiger partial charge >= 0.3 is 18.6 Å². The van der Waals surface area contributed by atoms with Crippen LogP contribution in [0.5, 0.6) is 5.75 Å². The molecule has 1 heterocycles. The number of ether oxygens (including phenoxy) is 3. The van der Waals surface area contributed by atoms with Gasteiger partial charge in [-0.3, -0.25) is 4.90 Å². The molecular formula is C18H22F2N2O5. The number of nitrogens with one attached hydrogen (secondary N) is 1. The van der Waals surface area contributed by atoms with E-state index in [0.29, 0.717) is 12.2 Å². The fraction of sp³-hybridized carbons (Fsp3) is 0.444. The molecule has 0 radical (unpaired) electrons. The van der Waals surface area contributed by atoms with Crippen LogP contribution in [0.15, 0.2) is 35.5 Å². The molecule has 2 amide bonds. The number of hydrogen-bond acceptors (Lipinski definition) is 5. The number of amides is 2. The maximum Gasteiger partial charge on any atom is 0.387 e. The zero-order valence-corrected chi connectivity index (χ0v) is 15.3. The Morgan fingerprint density at radius 1 is 1.30 bits per heavy atom. The maximum absolute atomic E-state index is 12.8. The van der Waals surface area contributed by atoms with Gasteiger partial charge in [0.05, 0.1) is 18.2 Å². The highest BCUT2D eigenvalue weighted by molar-refractivity contribution is 5.95. The molecule has 1 aromatic rings. The Morgan fingerprint density at radius 2 is 2.00 bits per heavy atom. The molecule has 0 saturated carbocycles. The SMILES string of the molecule is CCN1C(=O)N[C@H](c2ccccc2OC(F)F)C(C(=O)OCCOC)=C1C. The smallest absolute Gasteiger partial charge is 0.387 e. The average Bonchev–Trinajstić information content (AvgIpc) is 2.61. The maximum atomic E-state index is 12.8. The van der Waals surface area contributed by atoms with Crippen molar-refractivity contribution in [3.8, 4) is 5.75 Å². The molecule has 27 heavy (non-hydrogen) atoms. The third kappa shape index (κ3) is 4.73. The highest BCUT2D eigenvalue weighted by Gasteiger charge is 2.37. The fourth-order valence-electron chi connectivity index (χ4n) is 2.88. The van der Waals surface area contributed by atoms with Crippen molar-refractivity contribution in [2.45, 2.75) is 26.5 Å². The van der Waals surface area contributed by atoms with E-state index >= 15 is 0 Å². The van der Waals surface area contributed by atoms with Crippen LogP contribution >= 0.6 is 0 Å². The van der Waals surface area contributed by atoms with Crippen LogP contribution in [0, 0.1) is 0 Å². The predicted octanol–water partition coefficient (Wildman–Crippen LogP) is 2.84. The summed E-state index contributed by atoms with van der Waals surface area (Å²) in [5.74, 6) is -0.794. The molecule has 2 rings (SSSR count). The van der Waals surface area contributed by atoms with E-state index in [4.69, 9.17) is 9.47 Å². The average molecular weight is 384 g/mol. The molecule has 1 atom stereocenters. The molecule has 0 unspecified atom stereocenters. The van der Waals surface area contributed by atoms with Gasteiger partial charge < -0.3 is 19.5 Å². The van der Waals surface area contributed by atoms with Gasteiger partial charge in [0.2, 0.25) is 0 Å². The lowest BCUT2D eigenvalue weighted by Gasteiger charge is -2.35. The van der Waals surface area contributed by atoms with Crippen molar-refractivity contribution in [1.29, 1.82) is 0 Å². The summed E-state index contributed by atoms with van der Waals surface area (Å²) in [6, 6.07) is 4.57. The summed E-state index contributed by atoms with van der Waals surface area (Å²) in [4.78, 5) is 26.4. The largest absolute Gasteiger partial charge is 0.460 e. The molecular weight excluding hydrogens is 362 g/mol. The normalized spacial score (nSPS) is 17.2. The number of urea groups is 1. The Kier molecular flexibility index (Phi) is 7.12. The van der Waals surface area contributed by atoms with Crippen LogP contribution < -0.4 is 10.1 Å². The number of esters is 1. The molecule has 1 aromatic carbocycles. The summed E-state index contributed by atoms with van der Waals surface area (Å²) in [6.07, 6.45) is 0. The van der Waals surface area contributed by atoms with Crippen molar-refractivity contribution in [1.82, 2.24) is 10.2 Å². The van der Waals surface area contributed by atoms with Gasteiger partial charge in [0, 0.05) is 24.9 Å². The van der Waals surface area contributed by atoms with Gasteiger partial charge in [0.25, 0.3) is 0 Å². The number of rotatable bonds is 8. The van der Waals surface area contributed by atoms with Crippen LogP contribution in [0.2, 0.25) is 0 Å². The molecule has 1 N–H and O–H groups in total. The molecule has 7 nitrogen and oxygen atoms in total. The van der Waals surface area contributed by atoms with Crippen molar-refractivity contribution in [2.24, 2.45) is 0 Å². The van der Waals surface area contributed by atoms with Gasteiger partial charge in [-0.15, -0.1) is 0 Å². The van der Waals surface area contributed by atoms with Gasteiger partial charge in [0.15, 0.2) is 0 Å². The molecule has 1 aliphatic rings.